The molecule has 9 heteroatoms. The number of benzene rings is 2. The van der Waals surface area contributed by atoms with Crippen molar-refractivity contribution in [3.8, 4) is 22.6 Å². The molecule has 0 radical (unpaired) electrons. The number of pyridine rings is 1. The van der Waals surface area contributed by atoms with Crippen LogP contribution in [-0.4, -0.2) is 24.4 Å². The summed E-state index contributed by atoms with van der Waals surface area (Å²) in [5, 5.41) is 13.8. The third kappa shape index (κ3) is 4.95. The molecule has 0 saturated heterocycles. The van der Waals surface area contributed by atoms with Gasteiger partial charge in [-0.15, -0.1) is 13.2 Å². The van der Waals surface area contributed by atoms with Crippen molar-refractivity contribution in [1.29, 1.82) is 0 Å². The molecule has 2 aromatic carbocycles. The highest BCUT2D eigenvalue weighted by Crippen LogP contribution is 2.37. The number of anilines is 2. The predicted molar refractivity (Wildman–Crippen MR) is 97.0 cm³/mol. The fourth-order valence-electron chi connectivity index (χ4n) is 2.63. The first-order valence-corrected chi connectivity index (χ1v) is 8.23. The molecule has 3 rings (SSSR count). The molecule has 0 amide bonds. The van der Waals surface area contributed by atoms with Gasteiger partial charge in [-0.25, -0.2) is 0 Å². The van der Waals surface area contributed by atoms with Crippen LogP contribution < -0.4 is 19.9 Å². The van der Waals surface area contributed by atoms with Crippen molar-refractivity contribution in [2.75, 3.05) is 12.4 Å². The maximum Gasteiger partial charge on any atom is 0.573 e. The van der Waals surface area contributed by atoms with E-state index in [0.29, 0.717) is 16.9 Å². The van der Waals surface area contributed by atoms with Gasteiger partial charge in [-0.05, 0) is 41.5 Å². The van der Waals surface area contributed by atoms with E-state index in [1.54, 1.807) is 30.3 Å². The molecule has 0 aliphatic rings. The van der Waals surface area contributed by atoms with E-state index in [1.807, 2.05) is 0 Å². The second-order valence-corrected chi connectivity index (χ2v) is 5.82. The standard InChI is InChI=1S/C20H15F3N2O4/c1-28-14-4-2-3-12(9-14)13-5-6-16(18(10-13)29-20(21,22)23)25-17-11-24-8-7-15(17)19(26)27/h2-11,25H,1H3,(H,26,27)/p-1. The van der Waals surface area contributed by atoms with E-state index >= 15 is 0 Å². The van der Waals surface area contributed by atoms with Gasteiger partial charge in [0.05, 0.1) is 30.7 Å². The summed E-state index contributed by atoms with van der Waals surface area (Å²) in [4.78, 5) is 15.0. The summed E-state index contributed by atoms with van der Waals surface area (Å²) in [6, 6.07) is 12.1. The highest BCUT2D eigenvalue weighted by molar-refractivity contribution is 5.93. The molecule has 1 aromatic heterocycles. The Morgan fingerprint density at radius 1 is 1.07 bits per heavy atom. The molecule has 0 aliphatic carbocycles. The van der Waals surface area contributed by atoms with Gasteiger partial charge in [0.15, 0.2) is 5.75 Å². The smallest absolute Gasteiger partial charge is 0.545 e. The summed E-state index contributed by atoms with van der Waals surface area (Å²) in [6.07, 6.45) is -2.55. The number of carbonyl (C=O) groups excluding carboxylic acids is 1. The fourth-order valence-corrected chi connectivity index (χ4v) is 2.63. The van der Waals surface area contributed by atoms with E-state index in [9.17, 15) is 23.1 Å². The number of alkyl halides is 3. The molecule has 1 N–H and O–H groups in total. The van der Waals surface area contributed by atoms with Crippen molar-refractivity contribution >= 4 is 17.3 Å². The van der Waals surface area contributed by atoms with Gasteiger partial charge in [-0.2, -0.15) is 0 Å². The minimum atomic E-state index is -4.95. The van der Waals surface area contributed by atoms with E-state index in [-0.39, 0.29) is 16.9 Å². The first kappa shape index (κ1) is 20.0. The minimum Gasteiger partial charge on any atom is -0.545 e. The molecule has 150 valence electrons. The number of methoxy groups -OCH3 is 1. The summed E-state index contributed by atoms with van der Waals surface area (Å²) in [5.41, 5.74) is 0.674. The number of carbonyl (C=O) groups is 1. The number of ether oxygens (including phenoxy) is 2. The van der Waals surface area contributed by atoms with Crippen LogP contribution in [-0.2, 0) is 0 Å². The van der Waals surface area contributed by atoms with E-state index in [2.05, 4.69) is 15.0 Å². The van der Waals surface area contributed by atoms with Crippen molar-refractivity contribution in [2.45, 2.75) is 6.36 Å². The third-order valence-electron chi connectivity index (χ3n) is 3.92. The lowest BCUT2D eigenvalue weighted by molar-refractivity contribution is -0.274. The predicted octanol–water partition coefficient (Wildman–Crippen LogP) is 3.76. The second-order valence-electron chi connectivity index (χ2n) is 5.82. The molecule has 0 fully saturated rings. The monoisotopic (exact) mass is 403 g/mol. The van der Waals surface area contributed by atoms with Gasteiger partial charge in [0.2, 0.25) is 0 Å². The lowest BCUT2D eigenvalue weighted by Crippen LogP contribution is -2.23. The van der Waals surface area contributed by atoms with E-state index < -0.39 is 18.1 Å². The zero-order valence-corrected chi connectivity index (χ0v) is 15.0. The number of carboxylic acids is 1. The lowest BCUT2D eigenvalue weighted by atomic mass is 10.0. The Labute approximate surface area is 163 Å². The third-order valence-corrected chi connectivity index (χ3v) is 3.92. The Morgan fingerprint density at radius 3 is 2.52 bits per heavy atom. The second kappa shape index (κ2) is 8.09. The molecule has 29 heavy (non-hydrogen) atoms. The maximum absolute atomic E-state index is 12.9. The van der Waals surface area contributed by atoms with Gasteiger partial charge in [0.25, 0.3) is 0 Å². The number of nitrogens with one attached hydrogen (secondary N) is 1. The highest BCUT2D eigenvalue weighted by atomic mass is 19.4. The van der Waals surface area contributed by atoms with Gasteiger partial charge in [-0.3, -0.25) is 4.98 Å². The van der Waals surface area contributed by atoms with Crippen molar-refractivity contribution in [3.05, 3.63) is 66.5 Å². The van der Waals surface area contributed by atoms with Crippen LogP contribution in [0.4, 0.5) is 24.5 Å². The van der Waals surface area contributed by atoms with Crippen molar-refractivity contribution in [2.24, 2.45) is 0 Å². The topological polar surface area (TPSA) is 83.5 Å². The van der Waals surface area contributed by atoms with Crippen LogP contribution in [0.25, 0.3) is 11.1 Å². The molecular weight excluding hydrogens is 389 g/mol. The first-order valence-electron chi connectivity index (χ1n) is 8.23. The minimum absolute atomic E-state index is 0.0337. The first-order chi connectivity index (χ1) is 13.8. The van der Waals surface area contributed by atoms with Gasteiger partial charge >= 0.3 is 6.36 Å². The molecule has 3 aromatic rings. The van der Waals surface area contributed by atoms with Crippen LogP contribution in [0.1, 0.15) is 10.4 Å². The Hall–Kier alpha value is -3.75. The summed E-state index contributed by atoms with van der Waals surface area (Å²) in [7, 11) is 1.48. The van der Waals surface area contributed by atoms with Gasteiger partial charge in [-0.1, -0.05) is 18.2 Å². The zero-order chi connectivity index (χ0) is 21.0. The summed E-state index contributed by atoms with van der Waals surface area (Å²) >= 11 is 0. The van der Waals surface area contributed by atoms with Crippen molar-refractivity contribution < 1.29 is 32.5 Å². The van der Waals surface area contributed by atoms with Crippen molar-refractivity contribution in [1.82, 2.24) is 4.98 Å². The Morgan fingerprint density at radius 2 is 1.83 bits per heavy atom. The number of rotatable bonds is 6. The lowest BCUT2D eigenvalue weighted by Gasteiger charge is -2.18. The van der Waals surface area contributed by atoms with Gasteiger partial charge in [0.1, 0.15) is 5.75 Å². The number of nitrogens with zero attached hydrogens (tertiary/aromatic N) is 1. The summed E-state index contributed by atoms with van der Waals surface area (Å²) in [6.45, 7) is 0. The van der Waals surface area contributed by atoms with Crippen LogP contribution in [0.2, 0.25) is 0 Å². The van der Waals surface area contributed by atoms with Crippen LogP contribution in [0.15, 0.2) is 60.9 Å². The number of hydrogen-bond acceptors (Lipinski definition) is 6. The number of hydrogen-bond donors (Lipinski definition) is 1. The number of aromatic nitrogens is 1. The molecule has 0 saturated carbocycles. The molecule has 0 spiro atoms. The Bertz CT molecular complexity index is 1040. The number of aromatic carboxylic acids is 1. The van der Waals surface area contributed by atoms with E-state index in [1.165, 1.54) is 37.7 Å². The number of halogens is 3. The van der Waals surface area contributed by atoms with E-state index in [4.69, 9.17) is 4.74 Å². The molecule has 0 unspecified atom stereocenters. The Balaban J connectivity index is 2.04. The normalized spacial score (nSPS) is 11.0. The van der Waals surface area contributed by atoms with Crippen LogP contribution in [0, 0.1) is 0 Å². The fraction of sp³-hybridized carbons (Fsp3) is 0.100. The summed E-state index contributed by atoms with van der Waals surface area (Å²) < 4.78 is 48.1. The van der Waals surface area contributed by atoms with Crippen LogP contribution >= 0.6 is 0 Å². The zero-order valence-electron chi connectivity index (χ0n) is 15.0. The average molecular weight is 403 g/mol. The number of carboxylic acid groups (broad SMARTS) is 1. The highest BCUT2D eigenvalue weighted by Gasteiger charge is 2.32. The average Bonchev–Trinajstić information content (AvgIpc) is 2.68. The largest absolute Gasteiger partial charge is 0.573 e. The SMILES string of the molecule is COc1cccc(-c2ccc(Nc3cnccc3C(=O)[O-])c(OC(F)(F)F)c2)c1. The quantitative estimate of drug-likeness (QED) is 0.675. The van der Waals surface area contributed by atoms with Gasteiger partial charge in [0, 0.05) is 11.8 Å². The molecule has 0 aliphatic heterocycles. The van der Waals surface area contributed by atoms with Crippen molar-refractivity contribution in [3.63, 3.8) is 0 Å². The molecule has 1 heterocycles. The van der Waals surface area contributed by atoms with Gasteiger partial charge < -0.3 is 24.7 Å². The van der Waals surface area contributed by atoms with Crippen LogP contribution in [0.5, 0.6) is 11.5 Å². The maximum atomic E-state index is 12.9. The van der Waals surface area contributed by atoms with E-state index in [0.717, 1.165) is 0 Å². The molecule has 0 atom stereocenters. The molecule has 6 nitrogen and oxygen atoms in total. The molecule has 0 bridgehead atoms. The Kier molecular flexibility index (Phi) is 5.58. The van der Waals surface area contributed by atoms with Crippen LogP contribution in [0.3, 0.4) is 0 Å². The summed E-state index contributed by atoms with van der Waals surface area (Å²) in [5.74, 6) is -1.50. The molecular formula is C20H14F3N2O4-.